The van der Waals surface area contributed by atoms with E-state index in [1.54, 1.807) is 18.9 Å². The first-order valence-corrected chi connectivity index (χ1v) is 5.12. The summed E-state index contributed by atoms with van der Waals surface area (Å²) in [4.78, 5) is 1.15. The van der Waals surface area contributed by atoms with E-state index < -0.39 is 0 Å². The molecule has 3 heteroatoms. The number of hydrogen-bond donors (Lipinski definition) is 0. The second-order valence-corrected chi connectivity index (χ2v) is 3.39. The van der Waals surface area contributed by atoms with Crippen molar-refractivity contribution in [3.8, 4) is 11.8 Å². The number of benzene rings is 1. The molecule has 0 radical (unpaired) electrons. The summed E-state index contributed by atoms with van der Waals surface area (Å²) in [5.41, 5.74) is 0.947. The van der Waals surface area contributed by atoms with Gasteiger partial charge in [0.05, 0.1) is 19.6 Å². The van der Waals surface area contributed by atoms with Crippen LogP contribution in [0.1, 0.15) is 5.56 Å². The van der Waals surface area contributed by atoms with E-state index in [1.165, 1.54) is 0 Å². The lowest BCUT2D eigenvalue weighted by Crippen LogP contribution is -1.90. The van der Waals surface area contributed by atoms with E-state index in [0.29, 0.717) is 6.42 Å². The fraction of sp³-hybridized carbons (Fsp3) is 0.300. The van der Waals surface area contributed by atoms with Crippen LogP contribution in [0.3, 0.4) is 0 Å². The maximum absolute atomic E-state index is 8.56. The predicted molar refractivity (Wildman–Crippen MR) is 54.1 cm³/mol. The molecule has 13 heavy (non-hydrogen) atoms. The van der Waals surface area contributed by atoms with Crippen LogP contribution < -0.4 is 4.74 Å². The van der Waals surface area contributed by atoms with Crippen molar-refractivity contribution in [3.63, 3.8) is 0 Å². The van der Waals surface area contributed by atoms with Gasteiger partial charge in [0.15, 0.2) is 0 Å². The number of hydrogen-bond acceptors (Lipinski definition) is 3. The predicted octanol–water partition coefficient (Wildman–Crippen LogP) is 2.48. The first kappa shape index (κ1) is 9.94. The zero-order valence-corrected chi connectivity index (χ0v) is 8.52. The molecule has 0 aliphatic heterocycles. The minimum absolute atomic E-state index is 0.401. The molecular formula is C10H11NOS. The summed E-state index contributed by atoms with van der Waals surface area (Å²) in [6.07, 6.45) is 2.41. The Labute approximate surface area is 82.5 Å². The Bertz CT molecular complexity index is 330. The molecule has 68 valence electrons. The Hall–Kier alpha value is -1.14. The van der Waals surface area contributed by atoms with Gasteiger partial charge in [0.2, 0.25) is 0 Å². The van der Waals surface area contributed by atoms with Gasteiger partial charge in [0, 0.05) is 10.5 Å². The average Bonchev–Trinajstić information content (AvgIpc) is 2.19. The molecule has 0 heterocycles. The van der Waals surface area contributed by atoms with Crippen LogP contribution in [0.4, 0.5) is 0 Å². The Balaban J connectivity index is 3.02. The summed E-state index contributed by atoms with van der Waals surface area (Å²) in [5.74, 6) is 0.799. The molecule has 1 rings (SSSR count). The van der Waals surface area contributed by atoms with Crippen molar-refractivity contribution >= 4 is 11.8 Å². The third-order valence-corrected chi connectivity index (χ3v) is 2.49. The van der Waals surface area contributed by atoms with Crippen LogP contribution in [0.25, 0.3) is 0 Å². The van der Waals surface area contributed by atoms with Crippen LogP contribution in [-0.2, 0) is 6.42 Å². The van der Waals surface area contributed by atoms with Crippen LogP contribution in [0.15, 0.2) is 23.1 Å². The number of methoxy groups -OCH3 is 1. The molecule has 0 atom stereocenters. The monoisotopic (exact) mass is 193 g/mol. The van der Waals surface area contributed by atoms with Crippen LogP contribution in [0.5, 0.6) is 5.75 Å². The lowest BCUT2D eigenvalue weighted by atomic mass is 10.1. The molecule has 0 aliphatic carbocycles. The second-order valence-electron chi connectivity index (χ2n) is 2.51. The molecule has 0 amide bonds. The van der Waals surface area contributed by atoms with E-state index in [-0.39, 0.29) is 0 Å². The maximum Gasteiger partial charge on any atom is 0.124 e. The van der Waals surface area contributed by atoms with Crippen molar-refractivity contribution in [1.29, 1.82) is 5.26 Å². The van der Waals surface area contributed by atoms with Crippen molar-refractivity contribution in [1.82, 2.24) is 0 Å². The summed E-state index contributed by atoms with van der Waals surface area (Å²) in [6, 6.07) is 8.00. The molecule has 0 saturated heterocycles. The number of ether oxygens (including phenoxy) is 1. The van der Waals surface area contributed by atoms with E-state index in [4.69, 9.17) is 10.00 Å². The van der Waals surface area contributed by atoms with Gasteiger partial charge in [-0.05, 0) is 18.4 Å². The van der Waals surface area contributed by atoms with Gasteiger partial charge in [-0.2, -0.15) is 5.26 Å². The molecule has 0 fully saturated rings. The Morgan fingerprint density at radius 1 is 1.54 bits per heavy atom. The number of rotatable bonds is 3. The van der Waals surface area contributed by atoms with Crippen LogP contribution in [-0.4, -0.2) is 13.4 Å². The van der Waals surface area contributed by atoms with Gasteiger partial charge in [-0.3, -0.25) is 0 Å². The summed E-state index contributed by atoms with van der Waals surface area (Å²) >= 11 is 1.66. The summed E-state index contributed by atoms with van der Waals surface area (Å²) < 4.78 is 5.18. The zero-order chi connectivity index (χ0) is 9.68. The van der Waals surface area contributed by atoms with E-state index >= 15 is 0 Å². The number of thioether (sulfide) groups is 1. The standard InChI is InChI=1S/C10H11NOS/c1-12-10-7-9(13-2)4-3-8(10)5-6-11/h3-4,7H,5H2,1-2H3. The zero-order valence-electron chi connectivity index (χ0n) is 7.70. The van der Waals surface area contributed by atoms with Gasteiger partial charge in [0.1, 0.15) is 5.75 Å². The van der Waals surface area contributed by atoms with Crippen LogP contribution >= 0.6 is 11.8 Å². The smallest absolute Gasteiger partial charge is 0.124 e. The Morgan fingerprint density at radius 3 is 2.85 bits per heavy atom. The van der Waals surface area contributed by atoms with E-state index in [2.05, 4.69) is 6.07 Å². The molecule has 0 bridgehead atoms. The molecular weight excluding hydrogens is 182 g/mol. The number of nitrogens with zero attached hydrogens (tertiary/aromatic N) is 1. The molecule has 2 nitrogen and oxygen atoms in total. The summed E-state index contributed by atoms with van der Waals surface area (Å²) in [6.45, 7) is 0. The quantitative estimate of drug-likeness (QED) is 0.691. The first-order valence-electron chi connectivity index (χ1n) is 3.89. The highest BCUT2D eigenvalue weighted by Gasteiger charge is 2.02. The van der Waals surface area contributed by atoms with Crippen molar-refractivity contribution in [2.45, 2.75) is 11.3 Å². The summed E-state index contributed by atoms with van der Waals surface area (Å²) in [7, 11) is 1.63. The second kappa shape index (κ2) is 4.78. The normalized spacial score (nSPS) is 9.31. The molecule has 1 aromatic carbocycles. The molecule has 0 aromatic heterocycles. The van der Waals surface area contributed by atoms with Crippen molar-refractivity contribution in [2.24, 2.45) is 0 Å². The van der Waals surface area contributed by atoms with E-state index in [9.17, 15) is 0 Å². The van der Waals surface area contributed by atoms with E-state index in [1.807, 2.05) is 24.5 Å². The molecule has 0 unspecified atom stereocenters. The fourth-order valence-corrected chi connectivity index (χ4v) is 1.51. The molecule has 0 spiro atoms. The van der Waals surface area contributed by atoms with Gasteiger partial charge < -0.3 is 4.74 Å². The molecule has 0 N–H and O–H groups in total. The van der Waals surface area contributed by atoms with Crippen molar-refractivity contribution < 1.29 is 4.74 Å². The molecule has 0 aliphatic rings. The Morgan fingerprint density at radius 2 is 2.31 bits per heavy atom. The van der Waals surface area contributed by atoms with E-state index in [0.717, 1.165) is 16.2 Å². The van der Waals surface area contributed by atoms with Crippen molar-refractivity contribution in [3.05, 3.63) is 23.8 Å². The SMILES string of the molecule is COc1cc(SC)ccc1CC#N. The van der Waals surface area contributed by atoms with Crippen LogP contribution in [0.2, 0.25) is 0 Å². The minimum atomic E-state index is 0.401. The van der Waals surface area contributed by atoms with Gasteiger partial charge >= 0.3 is 0 Å². The van der Waals surface area contributed by atoms with Crippen LogP contribution in [0, 0.1) is 11.3 Å². The lowest BCUT2D eigenvalue weighted by molar-refractivity contribution is 0.409. The third kappa shape index (κ3) is 2.40. The third-order valence-electron chi connectivity index (χ3n) is 1.76. The largest absolute Gasteiger partial charge is 0.496 e. The highest BCUT2D eigenvalue weighted by Crippen LogP contribution is 2.25. The fourth-order valence-electron chi connectivity index (χ4n) is 1.08. The van der Waals surface area contributed by atoms with Gasteiger partial charge in [0.25, 0.3) is 0 Å². The molecule has 0 saturated carbocycles. The van der Waals surface area contributed by atoms with Crippen molar-refractivity contribution in [2.75, 3.05) is 13.4 Å². The van der Waals surface area contributed by atoms with Gasteiger partial charge in [-0.1, -0.05) is 6.07 Å². The first-order chi connectivity index (χ1) is 6.31. The highest BCUT2D eigenvalue weighted by molar-refractivity contribution is 7.98. The topological polar surface area (TPSA) is 33.0 Å². The van der Waals surface area contributed by atoms with Gasteiger partial charge in [-0.15, -0.1) is 11.8 Å². The lowest BCUT2D eigenvalue weighted by Gasteiger charge is -2.06. The Kier molecular flexibility index (Phi) is 3.66. The maximum atomic E-state index is 8.56. The number of nitriles is 1. The van der Waals surface area contributed by atoms with Gasteiger partial charge in [-0.25, -0.2) is 0 Å². The average molecular weight is 193 g/mol. The summed E-state index contributed by atoms with van der Waals surface area (Å²) in [5, 5.41) is 8.56. The molecule has 1 aromatic rings. The highest BCUT2D eigenvalue weighted by atomic mass is 32.2. The minimum Gasteiger partial charge on any atom is -0.496 e.